The van der Waals surface area contributed by atoms with Crippen LogP contribution >= 0.6 is 35.0 Å². The van der Waals surface area contributed by atoms with Gasteiger partial charge in [0.2, 0.25) is 0 Å². The van der Waals surface area contributed by atoms with Crippen molar-refractivity contribution < 1.29 is 9.84 Å². The Balaban J connectivity index is 2.31. The lowest BCUT2D eigenvalue weighted by Gasteiger charge is -2.19. The van der Waals surface area contributed by atoms with Gasteiger partial charge in [0.1, 0.15) is 18.5 Å². The fourth-order valence-corrected chi connectivity index (χ4v) is 2.69. The normalized spacial score (nSPS) is 14.1. The molecule has 2 atom stereocenters. The van der Waals surface area contributed by atoms with Crippen molar-refractivity contribution in [3.63, 3.8) is 0 Å². The summed E-state index contributed by atoms with van der Waals surface area (Å²) in [7, 11) is 0. The van der Waals surface area contributed by atoms with Crippen LogP contribution in [-0.2, 0) is 0 Å². The first-order chi connectivity index (χ1) is 9.56. The molecule has 0 saturated heterocycles. The van der Waals surface area contributed by atoms with Crippen LogP contribution in [0.2, 0.25) is 10.0 Å². The number of rotatable bonds is 9. The number of benzene rings is 1. The monoisotopic (exact) mass is 337 g/mol. The summed E-state index contributed by atoms with van der Waals surface area (Å²) in [6, 6.07) is 5.48. The summed E-state index contributed by atoms with van der Waals surface area (Å²) in [5.41, 5.74) is 0. The molecule has 114 valence electrons. The lowest BCUT2D eigenvalue weighted by Crippen LogP contribution is -2.39. The Morgan fingerprint density at radius 3 is 2.70 bits per heavy atom. The Morgan fingerprint density at radius 1 is 1.35 bits per heavy atom. The second kappa shape index (κ2) is 9.74. The molecule has 0 aromatic heterocycles. The molecule has 0 bridgehead atoms. The van der Waals surface area contributed by atoms with Gasteiger partial charge in [0, 0.05) is 24.4 Å². The molecule has 0 spiro atoms. The Bertz CT molecular complexity index is 407. The van der Waals surface area contributed by atoms with Gasteiger partial charge in [-0.1, -0.05) is 30.1 Å². The first-order valence-electron chi connectivity index (χ1n) is 6.55. The van der Waals surface area contributed by atoms with Crippen molar-refractivity contribution >= 4 is 35.0 Å². The number of hydrogen-bond acceptors (Lipinski definition) is 4. The predicted octanol–water partition coefficient (Wildman–Crippen LogP) is 3.46. The highest BCUT2D eigenvalue weighted by molar-refractivity contribution is 7.98. The van der Waals surface area contributed by atoms with Crippen LogP contribution in [0.4, 0.5) is 0 Å². The number of hydrogen-bond donors (Lipinski definition) is 2. The van der Waals surface area contributed by atoms with E-state index in [1.165, 1.54) is 0 Å². The first-order valence-corrected chi connectivity index (χ1v) is 8.70. The molecule has 0 fully saturated rings. The Morgan fingerprint density at radius 2 is 2.10 bits per heavy atom. The van der Waals surface area contributed by atoms with Gasteiger partial charge < -0.3 is 15.2 Å². The van der Waals surface area contributed by atoms with Gasteiger partial charge in [-0.25, -0.2) is 0 Å². The van der Waals surface area contributed by atoms with Gasteiger partial charge >= 0.3 is 0 Å². The van der Waals surface area contributed by atoms with Crippen LogP contribution in [0.3, 0.4) is 0 Å². The predicted molar refractivity (Wildman–Crippen MR) is 88.4 cm³/mol. The minimum Gasteiger partial charge on any atom is -0.491 e. The van der Waals surface area contributed by atoms with Gasteiger partial charge in [-0.05, 0) is 24.8 Å². The third-order valence-corrected chi connectivity index (χ3v) is 4.31. The lowest BCUT2D eigenvalue weighted by molar-refractivity contribution is 0.104. The highest BCUT2D eigenvalue weighted by Crippen LogP contribution is 2.26. The van der Waals surface area contributed by atoms with E-state index in [-0.39, 0.29) is 6.61 Å². The smallest absolute Gasteiger partial charge is 0.121 e. The van der Waals surface area contributed by atoms with Gasteiger partial charge in [0.25, 0.3) is 0 Å². The molecule has 0 aliphatic carbocycles. The molecular weight excluding hydrogens is 317 g/mol. The van der Waals surface area contributed by atoms with Crippen molar-refractivity contribution in [3.8, 4) is 5.75 Å². The Kier molecular flexibility index (Phi) is 8.73. The maximum absolute atomic E-state index is 9.89. The average molecular weight is 338 g/mol. The maximum Gasteiger partial charge on any atom is 0.121 e. The third-order valence-electron chi connectivity index (χ3n) is 2.84. The Labute approximate surface area is 135 Å². The molecule has 0 amide bonds. The quantitative estimate of drug-likeness (QED) is 0.724. The average Bonchev–Trinajstić information content (AvgIpc) is 2.44. The second-order valence-corrected chi connectivity index (χ2v) is 6.23. The van der Waals surface area contributed by atoms with E-state index >= 15 is 0 Å². The number of halogens is 2. The molecule has 0 radical (unpaired) electrons. The highest BCUT2D eigenvalue weighted by Gasteiger charge is 2.10. The van der Waals surface area contributed by atoms with E-state index in [1.54, 1.807) is 30.0 Å². The van der Waals surface area contributed by atoms with Crippen molar-refractivity contribution in [2.75, 3.05) is 25.2 Å². The molecule has 6 heteroatoms. The van der Waals surface area contributed by atoms with E-state index in [1.807, 2.05) is 0 Å². The fraction of sp³-hybridized carbons (Fsp3) is 0.571. The van der Waals surface area contributed by atoms with Crippen molar-refractivity contribution in [1.82, 2.24) is 5.32 Å². The van der Waals surface area contributed by atoms with Crippen LogP contribution < -0.4 is 10.1 Å². The first kappa shape index (κ1) is 17.9. The van der Waals surface area contributed by atoms with Crippen LogP contribution in [0.15, 0.2) is 18.2 Å². The van der Waals surface area contributed by atoms with Gasteiger partial charge in [-0.2, -0.15) is 11.8 Å². The van der Waals surface area contributed by atoms with Gasteiger partial charge in [-0.3, -0.25) is 0 Å². The van der Waals surface area contributed by atoms with Crippen LogP contribution in [0.25, 0.3) is 0 Å². The van der Waals surface area contributed by atoms with Crippen LogP contribution in [-0.4, -0.2) is 42.4 Å². The molecule has 0 aliphatic heterocycles. The number of thioether (sulfide) groups is 1. The summed E-state index contributed by atoms with van der Waals surface area (Å²) in [6.45, 7) is 2.87. The van der Waals surface area contributed by atoms with E-state index in [9.17, 15) is 5.11 Å². The molecular formula is C14H21Cl2NO2S. The Hall–Kier alpha value is -0.130. The minimum absolute atomic E-state index is 0.223. The minimum atomic E-state index is -0.555. The highest BCUT2D eigenvalue weighted by atomic mass is 35.5. The van der Waals surface area contributed by atoms with E-state index < -0.39 is 6.10 Å². The van der Waals surface area contributed by atoms with E-state index in [0.717, 1.165) is 12.2 Å². The number of ether oxygens (including phenoxy) is 1. The zero-order valence-electron chi connectivity index (χ0n) is 11.7. The molecule has 0 aliphatic rings. The molecule has 3 nitrogen and oxygen atoms in total. The maximum atomic E-state index is 9.89. The number of aliphatic hydroxyl groups is 1. The summed E-state index contributed by atoms with van der Waals surface area (Å²) >= 11 is 13.5. The SMILES string of the molecule is CCC(CSC)NCC(O)COc1ccc(Cl)c(Cl)c1. The van der Waals surface area contributed by atoms with Crippen LogP contribution in [0.1, 0.15) is 13.3 Å². The molecule has 20 heavy (non-hydrogen) atoms. The topological polar surface area (TPSA) is 41.5 Å². The standard InChI is InChI=1S/C14H21Cl2NO2S/c1-3-10(9-20-2)17-7-11(18)8-19-12-4-5-13(15)14(16)6-12/h4-6,10-11,17-18H,3,7-9H2,1-2H3. The van der Waals surface area contributed by atoms with Gasteiger partial charge in [-0.15, -0.1) is 0 Å². The van der Waals surface area contributed by atoms with Crippen molar-refractivity contribution in [3.05, 3.63) is 28.2 Å². The molecule has 1 aromatic rings. The van der Waals surface area contributed by atoms with Crippen LogP contribution in [0.5, 0.6) is 5.75 Å². The second-order valence-electron chi connectivity index (χ2n) is 4.51. The van der Waals surface area contributed by atoms with Crippen molar-refractivity contribution in [2.24, 2.45) is 0 Å². The number of aliphatic hydroxyl groups excluding tert-OH is 1. The fourth-order valence-electron chi connectivity index (χ4n) is 1.64. The van der Waals surface area contributed by atoms with E-state index in [4.69, 9.17) is 27.9 Å². The van der Waals surface area contributed by atoms with Gasteiger partial charge in [0.15, 0.2) is 0 Å². The van der Waals surface area contributed by atoms with Crippen molar-refractivity contribution in [1.29, 1.82) is 0 Å². The molecule has 1 rings (SSSR count). The molecule has 0 saturated carbocycles. The summed E-state index contributed by atoms with van der Waals surface area (Å²) < 4.78 is 5.49. The summed E-state index contributed by atoms with van der Waals surface area (Å²) in [5, 5.41) is 14.2. The lowest BCUT2D eigenvalue weighted by atomic mass is 10.2. The van der Waals surface area contributed by atoms with E-state index in [2.05, 4.69) is 18.5 Å². The molecule has 2 N–H and O–H groups in total. The number of nitrogens with one attached hydrogen (secondary N) is 1. The molecule has 1 aromatic carbocycles. The largest absolute Gasteiger partial charge is 0.491 e. The zero-order chi connectivity index (χ0) is 15.0. The van der Waals surface area contributed by atoms with Crippen molar-refractivity contribution in [2.45, 2.75) is 25.5 Å². The van der Waals surface area contributed by atoms with Gasteiger partial charge in [0.05, 0.1) is 10.0 Å². The third kappa shape index (κ3) is 6.55. The zero-order valence-corrected chi connectivity index (χ0v) is 14.1. The van der Waals surface area contributed by atoms with Crippen LogP contribution in [0, 0.1) is 0 Å². The summed E-state index contributed by atoms with van der Waals surface area (Å²) in [4.78, 5) is 0. The summed E-state index contributed by atoms with van der Waals surface area (Å²) in [5.74, 6) is 1.64. The van der Waals surface area contributed by atoms with E-state index in [0.29, 0.717) is 28.4 Å². The molecule has 0 heterocycles. The summed E-state index contributed by atoms with van der Waals surface area (Å²) in [6.07, 6.45) is 2.57. The molecule has 2 unspecified atom stereocenters.